The van der Waals surface area contributed by atoms with E-state index >= 15 is 0 Å². The minimum atomic E-state index is -0.655. The maximum atomic E-state index is 13.6. The highest BCUT2D eigenvalue weighted by Crippen LogP contribution is 2.20. The summed E-state index contributed by atoms with van der Waals surface area (Å²) in [7, 11) is 0. The van der Waals surface area contributed by atoms with E-state index < -0.39 is 6.04 Å². The van der Waals surface area contributed by atoms with E-state index in [1.807, 2.05) is 68.4 Å². The lowest BCUT2D eigenvalue weighted by molar-refractivity contribution is -0.139. The minimum Gasteiger partial charge on any atom is -0.352 e. The van der Waals surface area contributed by atoms with E-state index in [0.717, 1.165) is 21.2 Å². The molecule has 2 amide bonds. The molecule has 0 aliphatic heterocycles. The van der Waals surface area contributed by atoms with E-state index in [1.54, 1.807) is 17.0 Å². The van der Waals surface area contributed by atoms with E-state index in [0.29, 0.717) is 18.7 Å². The van der Waals surface area contributed by atoms with Crippen LogP contribution < -0.4 is 5.32 Å². The van der Waals surface area contributed by atoms with Gasteiger partial charge in [0.25, 0.3) is 0 Å². The minimum absolute atomic E-state index is 0.0450. The van der Waals surface area contributed by atoms with Crippen LogP contribution in [0.4, 0.5) is 4.39 Å². The molecular formula is C28H30BrFN2O2S. The van der Waals surface area contributed by atoms with Crippen molar-refractivity contribution in [3.8, 4) is 0 Å². The Balaban J connectivity index is 1.84. The molecule has 0 aliphatic rings. The Bertz CT molecular complexity index is 1110. The number of amides is 2. The molecule has 35 heavy (non-hydrogen) atoms. The molecule has 0 radical (unpaired) electrons. The first-order valence-corrected chi connectivity index (χ1v) is 13.5. The summed E-state index contributed by atoms with van der Waals surface area (Å²) < 4.78 is 14.1. The van der Waals surface area contributed by atoms with Gasteiger partial charge in [0.15, 0.2) is 0 Å². The second-order valence-electron chi connectivity index (χ2n) is 8.64. The third-order valence-electron chi connectivity index (χ3n) is 5.35. The van der Waals surface area contributed by atoms with Gasteiger partial charge < -0.3 is 10.2 Å². The summed E-state index contributed by atoms with van der Waals surface area (Å²) >= 11 is 4.96. The van der Waals surface area contributed by atoms with Gasteiger partial charge in [0.2, 0.25) is 11.8 Å². The van der Waals surface area contributed by atoms with Crippen LogP contribution >= 0.6 is 27.7 Å². The van der Waals surface area contributed by atoms with Crippen LogP contribution in [0.2, 0.25) is 0 Å². The summed E-state index contributed by atoms with van der Waals surface area (Å²) in [6.07, 6.45) is 0.418. The van der Waals surface area contributed by atoms with Gasteiger partial charge >= 0.3 is 0 Å². The van der Waals surface area contributed by atoms with Crippen LogP contribution in [0.3, 0.4) is 0 Å². The Labute approximate surface area is 219 Å². The van der Waals surface area contributed by atoms with Gasteiger partial charge in [-0.15, -0.1) is 11.8 Å². The van der Waals surface area contributed by atoms with Crippen LogP contribution in [0.15, 0.2) is 83.3 Å². The molecule has 1 atom stereocenters. The number of thioether (sulfide) groups is 1. The third kappa shape index (κ3) is 8.82. The maximum Gasteiger partial charge on any atom is 0.243 e. The van der Waals surface area contributed by atoms with Crippen molar-refractivity contribution < 1.29 is 14.0 Å². The summed E-state index contributed by atoms with van der Waals surface area (Å²) in [5.41, 5.74) is 2.87. The van der Waals surface area contributed by atoms with Gasteiger partial charge in [0, 0.05) is 29.2 Å². The molecule has 0 aliphatic carbocycles. The molecule has 1 N–H and O–H groups in total. The van der Waals surface area contributed by atoms with Crippen LogP contribution in [-0.2, 0) is 28.3 Å². The molecule has 3 aromatic rings. The number of benzene rings is 3. The van der Waals surface area contributed by atoms with Crippen molar-refractivity contribution >= 4 is 39.5 Å². The van der Waals surface area contributed by atoms with E-state index in [1.165, 1.54) is 23.9 Å². The molecular weight excluding hydrogens is 527 g/mol. The van der Waals surface area contributed by atoms with Crippen molar-refractivity contribution in [3.05, 3.63) is 106 Å². The molecule has 7 heteroatoms. The molecule has 0 saturated heterocycles. The van der Waals surface area contributed by atoms with Gasteiger partial charge in [0.05, 0.1) is 5.75 Å². The average molecular weight is 558 g/mol. The van der Waals surface area contributed by atoms with Crippen molar-refractivity contribution in [2.75, 3.05) is 5.75 Å². The zero-order chi connectivity index (χ0) is 25.2. The number of halogens is 2. The molecule has 0 unspecified atom stereocenters. The van der Waals surface area contributed by atoms with Crippen LogP contribution in [0.5, 0.6) is 0 Å². The van der Waals surface area contributed by atoms with E-state index in [-0.39, 0.29) is 29.4 Å². The Hall–Kier alpha value is -2.64. The molecule has 0 spiro atoms. The fourth-order valence-corrected chi connectivity index (χ4v) is 5.00. The Kier molecular flexibility index (Phi) is 10.4. The topological polar surface area (TPSA) is 49.4 Å². The second-order valence-corrected chi connectivity index (χ2v) is 10.5. The zero-order valence-corrected chi connectivity index (χ0v) is 22.3. The highest BCUT2D eigenvalue weighted by molar-refractivity contribution is 9.10. The number of rotatable bonds is 11. The summed E-state index contributed by atoms with van der Waals surface area (Å²) in [4.78, 5) is 28.6. The number of hydrogen-bond donors (Lipinski definition) is 1. The molecule has 3 aromatic carbocycles. The molecule has 184 valence electrons. The van der Waals surface area contributed by atoms with Gasteiger partial charge in [-0.3, -0.25) is 9.59 Å². The lowest BCUT2D eigenvalue weighted by Crippen LogP contribution is -2.52. The second kappa shape index (κ2) is 13.4. The van der Waals surface area contributed by atoms with Crippen LogP contribution in [-0.4, -0.2) is 34.6 Å². The average Bonchev–Trinajstić information content (AvgIpc) is 2.82. The summed E-state index contributed by atoms with van der Waals surface area (Å²) in [5.74, 6) is 0.229. The number of nitrogens with one attached hydrogen (secondary N) is 1. The summed E-state index contributed by atoms with van der Waals surface area (Å²) in [6.45, 7) is 4.14. The van der Waals surface area contributed by atoms with Crippen molar-refractivity contribution in [1.82, 2.24) is 10.2 Å². The van der Waals surface area contributed by atoms with Gasteiger partial charge in [0.1, 0.15) is 11.9 Å². The molecule has 4 nitrogen and oxygen atoms in total. The van der Waals surface area contributed by atoms with Gasteiger partial charge in [-0.1, -0.05) is 70.5 Å². The molecule has 0 fully saturated rings. The predicted molar refractivity (Wildman–Crippen MR) is 144 cm³/mol. The van der Waals surface area contributed by atoms with Gasteiger partial charge in [-0.25, -0.2) is 4.39 Å². The number of hydrogen-bond acceptors (Lipinski definition) is 3. The number of carbonyl (C=O) groups excluding carboxylic acids is 2. The molecule has 0 bridgehead atoms. The number of carbonyl (C=O) groups is 2. The Morgan fingerprint density at radius 3 is 2.29 bits per heavy atom. The Morgan fingerprint density at radius 2 is 1.63 bits per heavy atom. The molecule has 0 heterocycles. The predicted octanol–water partition coefficient (Wildman–Crippen LogP) is 5.99. The first-order valence-electron chi connectivity index (χ1n) is 11.5. The van der Waals surface area contributed by atoms with Crippen molar-refractivity contribution in [3.63, 3.8) is 0 Å². The fraction of sp³-hybridized carbons (Fsp3) is 0.286. The largest absolute Gasteiger partial charge is 0.352 e. The molecule has 3 rings (SSSR count). The first-order chi connectivity index (χ1) is 16.8. The van der Waals surface area contributed by atoms with Crippen molar-refractivity contribution in [2.24, 2.45) is 0 Å². The quantitative estimate of drug-likeness (QED) is 0.315. The lowest BCUT2D eigenvalue weighted by Gasteiger charge is -2.32. The van der Waals surface area contributed by atoms with E-state index in [2.05, 4.69) is 21.2 Å². The SMILES string of the molecule is CC(C)NC(=O)[C@@H](Cc1ccccc1)N(Cc1cccc(Br)c1)C(=O)CSCc1ccc(F)cc1. The fourth-order valence-electron chi connectivity index (χ4n) is 3.69. The molecule has 0 aromatic heterocycles. The lowest BCUT2D eigenvalue weighted by atomic mass is 10.0. The highest BCUT2D eigenvalue weighted by atomic mass is 79.9. The van der Waals surface area contributed by atoms with Crippen molar-refractivity contribution in [2.45, 2.75) is 44.6 Å². The standard InChI is InChI=1S/C28H30BrFN2O2S/c1-20(2)31-28(34)26(16-21-7-4-3-5-8-21)32(17-23-9-6-10-24(29)15-23)27(33)19-35-18-22-11-13-25(30)14-12-22/h3-15,20,26H,16-19H2,1-2H3,(H,31,34)/t26-/m1/s1. The smallest absolute Gasteiger partial charge is 0.243 e. The van der Waals surface area contributed by atoms with Crippen LogP contribution in [0.1, 0.15) is 30.5 Å². The van der Waals surface area contributed by atoms with Gasteiger partial charge in [-0.05, 0) is 54.8 Å². The summed E-state index contributed by atoms with van der Waals surface area (Å²) in [6, 6.07) is 23.1. The van der Waals surface area contributed by atoms with E-state index in [9.17, 15) is 14.0 Å². The maximum absolute atomic E-state index is 13.6. The monoisotopic (exact) mass is 556 g/mol. The molecule has 0 saturated carbocycles. The Morgan fingerprint density at radius 1 is 0.943 bits per heavy atom. The van der Waals surface area contributed by atoms with Crippen LogP contribution in [0.25, 0.3) is 0 Å². The van der Waals surface area contributed by atoms with Gasteiger partial charge in [-0.2, -0.15) is 0 Å². The van der Waals surface area contributed by atoms with E-state index in [4.69, 9.17) is 0 Å². The van der Waals surface area contributed by atoms with Crippen molar-refractivity contribution in [1.29, 1.82) is 0 Å². The third-order valence-corrected chi connectivity index (χ3v) is 6.83. The number of nitrogens with zero attached hydrogens (tertiary/aromatic N) is 1. The highest BCUT2D eigenvalue weighted by Gasteiger charge is 2.30. The van der Waals surface area contributed by atoms with Crippen LogP contribution in [0, 0.1) is 5.82 Å². The first kappa shape index (κ1) is 27.0. The zero-order valence-electron chi connectivity index (χ0n) is 19.9. The summed E-state index contributed by atoms with van der Waals surface area (Å²) in [5, 5.41) is 3.00. The normalized spacial score (nSPS) is 11.8.